The molecule has 2 nitrogen and oxygen atoms in total. The van der Waals surface area contributed by atoms with Gasteiger partial charge in [-0.3, -0.25) is 0 Å². The molecule has 3 heteroatoms. The third-order valence-electron chi connectivity index (χ3n) is 2.71. The van der Waals surface area contributed by atoms with Gasteiger partial charge in [0.15, 0.2) is 0 Å². The van der Waals surface area contributed by atoms with Gasteiger partial charge in [-0.15, -0.1) is 0 Å². The fourth-order valence-corrected chi connectivity index (χ4v) is 2.69. The molecule has 0 radical (unpaired) electrons. The molecule has 0 saturated carbocycles. The zero-order chi connectivity index (χ0) is 10.7. The summed E-state index contributed by atoms with van der Waals surface area (Å²) in [6.45, 7) is 3.91. The highest BCUT2D eigenvalue weighted by molar-refractivity contribution is 8.00. The van der Waals surface area contributed by atoms with Crippen LogP contribution in [0.5, 0.6) is 0 Å². The van der Waals surface area contributed by atoms with Crippen molar-refractivity contribution < 1.29 is 4.74 Å². The molecule has 0 spiro atoms. The van der Waals surface area contributed by atoms with Crippen LogP contribution in [-0.2, 0) is 4.74 Å². The molecule has 1 aromatic rings. The number of aryl methyl sites for hydroxylation is 1. The molecule has 1 atom stereocenters. The van der Waals surface area contributed by atoms with E-state index in [4.69, 9.17) is 10.5 Å². The van der Waals surface area contributed by atoms with E-state index in [1.807, 2.05) is 11.8 Å². The molecular formula is C12H17NOS. The summed E-state index contributed by atoms with van der Waals surface area (Å²) in [6.07, 6.45) is 0. The maximum atomic E-state index is 6.16. The van der Waals surface area contributed by atoms with Crippen molar-refractivity contribution in [1.82, 2.24) is 0 Å². The Morgan fingerprint density at radius 1 is 1.47 bits per heavy atom. The SMILES string of the molecule is Cc1ccccc1C(N)CSC1COC1. The third kappa shape index (κ3) is 2.74. The van der Waals surface area contributed by atoms with E-state index in [-0.39, 0.29) is 6.04 Å². The first-order chi connectivity index (χ1) is 7.27. The van der Waals surface area contributed by atoms with Crippen molar-refractivity contribution in [1.29, 1.82) is 0 Å². The van der Waals surface area contributed by atoms with Gasteiger partial charge in [0, 0.05) is 11.8 Å². The van der Waals surface area contributed by atoms with Crippen molar-refractivity contribution in [3.05, 3.63) is 35.4 Å². The summed E-state index contributed by atoms with van der Waals surface area (Å²) in [5.41, 5.74) is 8.72. The van der Waals surface area contributed by atoms with Gasteiger partial charge in [0.1, 0.15) is 0 Å². The van der Waals surface area contributed by atoms with Gasteiger partial charge in [0.25, 0.3) is 0 Å². The molecule has 0 amide bonds. The molecule has 1 fully saturated rings. The topological polar surface area (TPSA) is 35.2 Å². The second-order valence-corrected chi connectivity index (χ2v) is 5.29. The molecular weight excluding hydrogens is 206 g/mol. The van der Waals surface area contributed by atoms with Gasteiger partial charge in [-0.25, -0.2) is 0 Å². The smallest absolute Gasteiger partial charge is 0.0607 e. The van der Waals surface area contributed by atoms with E-state index in [0.717, 1.165) is 19.0 Å². The molecule has 1 aliphatic heterocycles. The van der Waals surface area contributed by atoms with Gasteiger partial charge in [-0.05, 0) is 18.1 Å². The van der Waals surface area contributed by atoms with Crippen molar-refractivity contribution in [2.75, 3.05) is 19.0 Å². The minimum absolute atomic E-state index is 0.150. The number of nitrogens with two attached hydrogens (primary N) is 1. The molecule has 2 N–H and O–H groups in total. The minimum Gasteiger partial charge on any atom is -0.379 e. The van der Waals surface area contributed by atoms with Crippen LogP contribution in [0.1, 0.15) is 17.2 Å². The van der Waals surface area contributed by atoms with Crippen LogP contribution >= 0.6 is 11.8 Å². The maximum Gasteiger partial charge on any atom is 0.0607 e. The van der Waals surface area contributed by atoms with Crippen LogP contribution in [-0.4, -0.2) is 24.2 Å². The summed E-state index contributed by atoms with van der Waals surface area (Å²) in [5.74, 6) is 0.985. The average molecular weight is 223 g/mol. The molecule has 1 unspecified atom stereocenters. The van der Waals surface area contributed by atoms with Gasteiger partial charge < -0.3 is 10.5 Å². The Bertz CT molecular complexity index is 325. The summed E-state index contributed by atoms with van der Waals surface area (Å²) in [6, 6.07) is 8.50. The first-order valence-electron chi connectivity index (χ1n) is 5.28. The lowest BCUT2D eigenvalue weighted by molar-refractivity contribution is 0.0455. The second kappa shape index (κ2) is 5.01. The third-order valence-corrected chi connectivity index (χ3v) is 4.00. The van der Waals surface area contributed by atoms with Crippen LogP contribution in [0.15, 0.2) is 24.3 Å². The molecule has 1 aromatic carbocycles. The Morgan fingerprint density at radius 3 is 2.80 bits per heavy atom. The van der Waals surface area contributed by atoms with Gasteiger partial charge in [-0.1, -0.05) is 24.3 Å². The number of hydrogen-bond donors (Lipinski definition) is 1. The average Bonchev–Trinajstić information content (AvgIpc) is 2.16. The van der Waals surface area contributed by atoms with E-state index in [2.05, 4.69) is 31.2 Å². The monoisotopic (exact) mass is 223 g/mol. The van der Waals surface area contributed by atoms with Crippen molar-refractivity contribution >= 4 is 11.8 Å². The lowest BCUT2D eigenvalue weighted by Crippen LogP contribution is -2.31. The highest BCUT2D eigenvalue weighted by Gasteiger charge is 2.20. The van der Waals surface area contributed by atoms with Crippen LogP contribution in [0.2, 0.25) is 0 Å². The van der Waals surface area contributed by atoms with E-state index in [1.165, 1.54) is 11.1 Å². The van der Waals surface area contributed by atoms with Crippen LogP contribution in [0.3, 0.4) is 0 Å². The highest BCUT2D eigenvalue weighted by Crippen LogP contribution is 2.25. The zero-order valence-corrected chi connectivity index (χ0v) is 9.80. The van der Waals surface area contributed by atoms with E-state index < -0.39 is 0 Å². The molecule has 1 aliphatic rings. The summed E-state index contributed by atoms with van der Waals surface area (Å²) < 4.78 is 5.13. The quantitative estimate of drug-likeness (QED) is 0.849. The van der Waals surface area contributed by atoms with E-state index in [9.17, 15) is 0 Å². The van der Waals surface area contributed by atoms with Crippen molar-refractivity contribution in [2.24, 2.45) is 5.73 Å². The van der Waals surface area contributed by atoms with E-state index >= 15 is 0 Å². The first-order valence-corrected chi connectivity index (χ1v) is 6.32. The van der Waals surface area contributed by atoms with Crippen molar-refractivity contribution in [3.63, 3.8) is 0 Å². The highest BCUT2D eigenvalue weighted by atomic mass is 32.2. The van der Waals surface area contributed by atoms with Crippen molar-refractivity contribution in [2.45, 2.75) is 18.2 Å². The number of thioether (sulfide) groups is 1. The Balaban J connectivity index is 1.89. The van der Waals surface area contributed by atoms with Gasteiger partial charge in [-0.2, -0.15) is 11.8 Å². The predicted octanol–water partition coefficient (Wildman–Crippen LogP) is 2.13. The van der Waals surface area contributed by atoms with Crippen molar-refractivity contribution in [3.8, 4) is 0 Å². The van der Waals surface area contributed by atoms with Crippen LogP contribution in [0.25, 0.3) is 0 Å². The molecule has 0 bridgehead atoms. The summed E-state index contributed by atoms with van der Waals surface area (Å²) in [7, 11) is 0. The van der Waals surface area contributed by atoms with E-state index in [1.54, 1.807) is 0 Å². The molecule has 0 aromatic heterocycles. The normalized spacial score (nSPS) is 18.5. The largest absolute Gasteiger partial charge is 0.379 e. The Morgan fingerprint density at radius 2 is 2.20 bits per heavy atom. The van der Waals surface area contributed by atoms with Crippen LogP contribution in [0, 0.1) is 6.92 Å². The Labute approximate surface area is 95.2 Å². The summed E-state index contributed by atoms with van der Waals surface area (Å²) in [4.78, 5) is 0. The van der Waals surface area contributed by atoms with E-state index in [0.29, 0.717) is 5.25 Å². The lowest BCUT2D eigenvalue weighted by atomic mass is 10.0. The zero-order valence-electron chi connectivity index (χ0n) is 8.98. The molecule has 0 aliphatic carbocycles. The first kappa shape index (κ1) is 11.0. The standard InChI is InChI=1S/C12H17NOS/c1-9-4-2-3-5-11(9)12(13)8-15-10-6-14-7-10/h2-5,10,12H,6-8,13H2,1H3. The molecule has 2 rings (SSSR count). The van der Waals surface area contributed by atoms with Gasteiger partial charge in [0.05, 0.1) is 18.5 Å². The Hall–Kier alpha value is -0.510. The van der Waals surface area contributed by atoms with Gasteiger partial charge in [0.2, 0.25) is 0 Å². The Kier molecular flexibility index (Phi) is 3.67. The number of ether oxygens (including phenoxy) is 1. The number of hydrogen-bond acceptors (Lipinski definition) is 3. The maximum absolute atomic E-state index is 6.16. The van der Waals surface area contributed by atoms with Gasteiger partial charge >= 0.3 is 0 Å². The number of rotatable bonds is 4. The lowest BCUT2D eigenvalue weighted by Gasteiger charge is -2.26. The summed E-state index contributed by atoms with van der Waals surface area (Å²) in [5, 5.41) is 0.667. The molecule has 82 valence electrons. The molecule has 1 heterocycles. The fraction of sp³-hybridized carbons (Fsp3) is 0.500. The summed E-state index contributed by atoms with van der Waals surface area (Å²) >= 11 is 1.92. The molecule has 15 heavy (non-hydrogen) atoms. The predicted molar refractivity (Wildman–Crippen MR) is 65.2 cm³/mol. The van der Waals surface area contributed by atoms with Crippen LogP contribution in [0.4, 0.5) is 0 Å². The minimum atomic E-state index is 0.150. The van der Waals surface area contributed by atoms with Crippen LogP contribution < -0.4 is 5.73 Å². The molecule has 1 saturated heterocycles. The second-order valence-electron chi connectivity index (χ2n) is 3.96. The fourth-order valence-electron chi connectivity index (χ4n) is 1.64. The number of benzene rings is 1.